The minimum absolute atomic E-state index is 0.603. The van der Waals surface area contributed by atoms with Gasteiger partial charge < -0.3 is 14.0 Å². The predicted molar refractivity (Wildman–Crippen MR) is 43.0 cm³/mol. The van der Waals surface area contributed by atoms with Crippen LogP contribution >= 0.6 is 0 Å². The number of rotatable bonds is 0. The molecule has 1 saturated heterocycles. The predicted octanol–water partition coefficient (Wildman–Crippen LogP) is 0.117. The van der Waals surface area contributed by atoms with Gasteiger partial charge >= 0.3 is 8.08 Å². The van der Waals surface area contributed by atoms with Gasteiger partial charge in [0.1, 0.15) is 0 Å². The molecule has 0 aromatic rings. The van der Waals surface area contributed by atoms with Crippen molar-refractivity contribution in [3.05, 3.63) is 0 Å². The van der Waals surface area contributed by atoms with Crippen LogP contribution in [-0.2, 0) is 4.43 Å². The highest BCUT2D eigenvalue weighted by atomic mass is 29.3. The lowest BCUT2D eigenvalue weighted by Crippen LogP contribution is -2.64. The fourth-order valence-corrected chi connectivity index (χ4v) is 6.52. The van der Waals surface area contributed by atoms with Gasteiger partial charge in [-0.25, -0.2) is 0 Å². The molecule has 0 radical (unpaired) electrons. The first-order valence-electron chi connectivity index (χ1n) is 3.54. The van der Waals surface area contributed by atoms with Gasteiger partial charge in [-0.2, -0.15) is 0 Å². The zero-order chi connectivity index (χ0) is 7.83. The third kappa shape index (κ3) is 1.33. The van der Waals surface area contributed by atoms with Gasteiger partial charge in [0.25, 0.3) is 0 Å². The summed E-state index contributed by atoms with van der Waals surface area (Å²) in [6, 6.07) is 0.603. The molecule has 0 aromatic carbocycles. The first-order valence-corrected chi connectivity index (χ1v) is 9.55. The molecular formula is C5H14O3Si2. The second kappa shape index (κ2) is 2.42. The van der Waals surface area contributed by atoms with Crippen molar-refractivity contribution in [3.63, 3.8) is 0 Å². The van der Waals surface area contributed by atoms with Crippen molar-refractivity contribution in [2.45, 2.75) is 25.6 Å². The van der Waals surface area contributed by atoms with E-state index in [1.165, 1.54) is 0 Å². The third-order valence-corrected chi connectivity index (χ3v) is 13.0. The number of hydrogen-bond donors (Lipinski definition) is 2. The summed E-state index contributed by atoms with van der Waals surface area (Å²) in [6.07, 6.45) is 0.815. The first-order chi connectivity index (χ1) is 4.46. The molecule has 2 N–H and O–H groups in total. The summed E-state index contributed by atoms with van der Waals surface area (Å²) in [4.78, 5) is 19.1. The van der Waals surface area contributed by atoms with Crippen molar-refractivity contribution in [3.8, 4) is 0 Å². The van der Waals surface area contributed by atoms with Crippen molar-refractivity contribution in [1.29, 1.82) is 0 Å². The molecule has 1 heterocycles. The Morgan fingerprint density at radius 1 is 1.30 bits per heavy atom. The minimum atomic E-state index is -2.90. The molecule has 5 heteroatoms. The Kier molecular flexibility index (Phi) is 2.03. The Morgan fingerprint density at radius 3 is 2.20 bits per heavy atom. The Bertz CT molecular complexity index is 119. The van der Waals surface area contributed by atoms with E-state index < -0.39 is 15.9 Å². The molecule has 1 aliphatic rings. The zero-order valence-corrected chi connectivity index (χ0v) is 8.42. The summed E-state index contributed by atoms with van der Waals surface area (Å²) >= 11 is 0. The monoisotopic (exact) mass is 178 g/mol. The summed E-state index contributed by atoms with van der Waals surface area (Å²) in [6.45, 7) is 4.49. The van der Waals surface area contributed by atoms with Gasteiger partial charge in [0.05, 0.1) is 0 Å². The zero-order valence-electron chi connectivity index (χ0n) is 6.42. The smallest absolute Gasteiger partial charge is 0.343 e. The number of hydrogen-bond acceptors (Lipinski definition) is 3. The highest BCUT2D eigenvalue weighted by molar-refractivity contribution is 7.32. The van der Waals surface area contributed by atoms with Crippen LogP contribution in [0.2, 0.25) is 19.1 Å². The van der Waals surface area contributed by atoms with Gasteiger partial charge in [0, 0.05) is 6.61 Å². The molecule has 1 fully saturated rings. The molecule has 0 atom stereocenters. The highest BCUT2D eigenvalue weighted by Crippen LogP contribution is 2.25. The molecule has 1 rings (SSSR count). The van der Waals surface area contributed by atoms with E-state index in [9.17, 15) is 9.59 Å². The second-order valence-electron chi connectivity index (χ2n) is 3.28. The Morgan fingerprint density at radius 2 is 1.90 bits per heavy atom. The van der Waals surface area contributed by atoms with E-state index in [-0.39, 0.29) is 0 Å². The van der Waals surface area contributed by atoms with Gasteiger partial charge in [0.2, 0.25) is 7.83 Å². The largest absolute Gasteiger partial charge is 0.414 e. The van der Waals surface area contributed by atoms with Crippen LogP contribution in [0.25, 0.3) is 0 Å². The second-order valence-corrected chi connectivity index (χ2v) is 14.7. The normalized spacial score (nSPS) is 30.0. The van der Waals surface area contributed by atoms with E-state index in [0.29, 0.717) is 6.04 Å². The summed E-state index contributed by atoms with van der Waals surface area (Å²) in [5.41, 5.74) is 0. The SMILES string of the molecule is C[Si]1(C)OCCC[Si]1(O)O. The summed E-state index contributed by atoms with van der Waals surface area (Å²) in [5.74, 6) is 0. The maximum atomic E-state index is 9.53. The van der Waals surface area contributed by atoms with Crippen LogP contribution in [0.4, 0.5) is 0 Å². The molecule has 1 aliphatic heterocycles. The highest BCUT2D eigenvalue weighted by Gasteiger charge is 2.52. The summed E-state index contributed by atoms with van der Waals surface area (Å²) in [7, 11) is -4.97. The minimum Gasteiger partial charge on any atom is -0.414 e. The van der Waals surface area contributed by atoms with Gasteiger partial charge in [0.15, 0.2) is 0 Å². The lowest BCUT2D eigenvalue weighted by atomic mass is 10.5. The van der Waals surface area contributed by atoms with Crippen molar-refractivity contribution in [1.82, 2.24) is 0 Å². The van der Waals surface area contributed by atoms with Crippen LogP contribution in [0.3, 0.4) is 0 Å². The van der Waals surface area contributed by atoms with Crippen LogP contribution in [0.1, 0.15) is 6.42 Å². The molecule has 0 bridgehead atoms. The molecule has 0 spiro atoms. The van der Waals surface area contributed by atoms with Gasteiger partial charge in [-0.15, -0.1) is 0 Å². The van der Waals surface area contributed by atoms with E-state index in [2.05, 4.69) is 0 Å². The fourth-order valence-electron chi connectivity index (χ4n) is 1.06. The molecule has 0 unspecified atom stereocenters. The van der Waals surface area contributed by atoms with E-state index >= 15 is 0 Å². The standard InChI is InChI=1S/C5H14O3Si2/c1-9(2)8-4-3-5-10(9,6)7/h6-7H,3-5H2,1-2H3. The molecule has 0 saturated carbocycles. The Hall–Kier alpha value is 0.314. The maximum Gasteiger partial charge on any atom is 0.343 e. The van der Waals surface area contributed by atoms with Crippen molar-refractivity contribution < 1.29 is 14.0 Å². The quantitative estimate of drug-likeness (QED) is 0.518. The van der Waals surface area contributed by atoms with Crippen molar-refractivity contribution in [2.75, 3.05) is 6.61 Å². The van der Waals surface area contributed by atoms with Crippen molar-refractivity contribution in [2.24, 2.45) is 0 Å². The van der Waals surface area contributed by atoms with Crippen LogP contribution in [0.15, 0.2) is 0 Å². The van der Waals surface area contributed by atoms with Gasteiger partial charge in [-0.1, -0.05) is 0 Å². The first kappa shape index (κ1) is 8.41. The third-order valence-electron chi connectivity index (χ3n) is 2.10. The Labute approximate surface area is 62.8 Å². The van der Waals surface area contributed by atoms with E-state index in [1.807, 2.05) is 13.1 Å². The molecule has 0 aromatic heterocycles. The molecule has 0 aliphatic carbocycles. The lowest BCUT2D eigenvalue weighted by Gasteiger charge is -2.36. The molecule has 0 amide bonds. The van der Waals surface area contributed by atoms with E-state index in [0.717, 1.165) is 13.0 Å². The van der Waals surface area contributed by atoms with E-state index in [1.54, 1.807) is 0 Å². The Balaban J connectivity index is 2.70. The molecule has 60 valence electrons. The summed E-state index contributed by atoms with van der Waals surface area (Å²) in [5, 5.41) is 0. The van der Waals surface area contributed by atoms with Crippen LogP contribution in [0, 0.1) is 0 Å². The topological polar surface area (TPSA) is 49.7 Å². The molecule has 3 nitrogen and oxygen atoms in total. The van der Waals surface area contributed by atoms with E-state index in [4.69, 9.17) is 4.43 Å². The fraction of sp³-hybridized carbons (Fsp3) is 1.00. The maximum absolute atomic E-state index is 9.53. The molecule has 10 heavy (non-hydrogen) atoms. The average molecular weight is 178 g/mol. The molecular weight excluding hydrogens is 164 g/mol. The lowest BCUT2D eigenvalue weighted by molar-refractivity contribution is 0.264. The summed E-state index contributed by atoms with van der Waals surface area (Å²) < 4.78 is 5.38. The van der Waals surface area contributed by atoms with Crippen LogP contribution in [-0.4, -0.2) is 32.1 Å². The van der Waals surface area contributed by atoms with Crippen LogP contribution in [0.5, 0.6) is 0 Å². The van der Waals surface area contributed by atoms with Crippen molar-refractivity contribution >= 4 is 15.9 Å². The van der Waals surface area contributed by atoms with Gasteiger partial charge in [-0.05, 0) is 25.6 Å². The van der Waals surface area contributed by atoms with Crippen LogP contribution < -0.4 is 0 Å². The average Bonchev–Trinajstić information content (AvgIpc) is 1.77. The van der Waals surface area contributed by atoms with Gasteiger partial charge in [-0.3, -0.25) is 0 Å².